The van der Waals surface area contributed by atoms with E-state index in [1.54, 1.807) is 18.2 Å². The first-order valence-electron chi connectivity index (χ1n) is 12.7. The molecule has 9 nitrogen and oxygen atoms in total. The third-order valence-electron chi connectivity index (χ3n) is 7.30. The number of hydrogen-bond acceptors (Lipinski definition) is 7. The summed E-state index contributed by atoms with van der Waals surface area (Å²) in [4.78, 5) is 57.9. The Hall–Kier alpha value is -4.37. The summed E-state index contributed by atoms with van der Waals surface area (Å²) in [6.45, 7) is 2.92. The minimum absolute atomic E-state index is 0.0748. The fraction of sp³-hybridized carbons (Fsp3) is 0.276. The van der Waals surface area contributed by atoms with Gasteiger partial charge in [-0.1, -0.05) is 36.4 Å². The van der Waals surface area contributed by atoms with Crippen molar-refractivity contribution in [1.29, 1.82) is 0 Å². The summed E-state index contributed by atoms with van der Waals surface area (Å²) >= 11 is 0. The number of imide groups is 2. The fourth-order valence-electron chi connectivity index (χ4n) is 5.32. The lowest BCUT2D eigenvalue weighted by Gasteiger charge is -2.28. The summed E-state index contributed by atoms with van der Waals surface area (Å²) < 4.78 is 5.99. The van der Waals surface area contributed by atoms with Crippen LogP contribution >= 0.6 is 0 Å². The number of benzene rings is 2. The summed E-state index contributed by atoms with van der Waals surface area (Å²) in [6, 6.07) is 16.1. The van der Waals surface area contributed by atoms with Gasteiger partial charge in [0.05, 0.1) is 11.1 Å². The predicted molar refractivity (Wildman–Crippen MR) is 136 cm³/mol. The SMILES string of the molecule is O=C1CCC(N2C(=O)c3cccc(OCc4ccc(CN5CCc6ncccc6C5)cc4)c3C2=O)C(=O)N1. The zero-order chi connectivity index (χ0) is 26.2. The molecule has 0 aliphatic carbocycles. The molecule has 38 heavy (non-hydrogen) atoms. The molecule has 1 aromatic heterocycles. The van der Waals surface area contributed by atoms with Gasteiger partial charge in [-0.05, 0) is 41.3 Å². The molecule has 192 valence electrons. The largest absolute Gasteiger partial charge is 0.488 e. The highest BCUT2D eigenvalue weighted by Crippen LogP contribution is 2.34. The van der Waals surface area contributed by atoms with Crippen LogP contribution in [0.2, 0.25) is 0 Å². The van der Waals surface area contributed by atoms with Crippen molar-refractivity contribution in [3.05, 3.63) is 94.3 Å². The monoisotopic (exact) mass is 510 g/mol. The third-order valence-corrected chi connectivity index (χ3v) is 7.30. The molecule has 0 bridgehead atoms. The summed E-state index contributed by atoms with van der Waals surface area (Å²) in [5.74, 6) is -1.88. The number of fused-ring (bicyclic) bond motifs is 2. The van der Waals surface area contributed by atoms with Crippen molar-refractivity contribution in [3.63, 3.8) is 0 Å². The standard InChI is InChI=1S/C29H26N4O5/c34-25-11-10-23(27(35)31-25)33-28(36)21-4-1-5-24(26(21)29(33)37)38-17-19-8-6-18(7-9-19)15-32-14-12-22-20(16-32)3-2-13-30-22/h1-9,13,23H,10-12,14-17H2,(H,31,34,35). The molecule has 3 aliphatic heterocycles. The van der Waals surface area contributed by atoms with Gasteiger partial charge in [0.1, 0.15) is 18.4 Å². The molecular formula is C29H26N4O5. The Labute approximate surface area is 219 Å². The predicted octanol–water partition coefficient (Wildman–Crippen LogP) is 2.62. The number of ether oxygens (including phenoxy) is 1. The number of nitrogens with zero attached hydrogens (tertiary/aromatic N) is 3. The van der Waals surface area contributed by atoms with Crippen LogP contribution in [0.4, 0.5) is 0 Å². The van der Waals surface area contributed by atoms with E-state index in [1.165, 1.54) is 16.8 Å². The summed E-state index contributed by atoms with van der Waals surface area (Å²) in [7, 11) is 0. The van der Waals surface area contributed by atoms with Crippen molar-refractivity contribution in [2.45, 2.75) is 45.0 Å². The van der Waals surface area contributed by atoms with Crippen LogP contribution in [0.3, 0.4) is 0 Å². The van der Waals surface area contributed by atoms with Gasteiger partial charge in [-0.15, -0.1) is 0 Å². The van der Waals surface area contributed by atoms with Crippen molar-refractivity contribution in [3.8, 4) is 5.75 Å². The highest BCUT2D eigenvalue weighted by atomic mass is 16.5. The second kappa shape index (κ2) is 9.83. The minimum Gasteiger partial charge on any atom is -0.488 e. The Bertz CT molecular complexity index is 1450. The maximum absolute atomic E-state index is 13.2. The van der Waals surface area contributed by atoms with E-state index in [1.807, 2.05) is 24.4 Å². The molecule has 0 spiro atoms. The van der Waals surface area contributed by atoms with E-state index in [0.717, 1.165) is 36.5 Å². The Morgan fingerprint density at radius 3 is 2.55 bits per heavy atom. The van der Waals surface area contributed by atoms with Crippen LogP contribution in [0.1, 0.15) is 55.9 Å². The number of aromatic nitrogens is 1. The van der Waals surface area contributed by atoms with Crippen molar-refractivity contribution in [1.82, 2.24) is 20.1 Å². The molecule has 1 atom stereocenters. The normalized spacial score (nSPS) is 19.3. The molecule has 6 rings (SSSR count). The number of carbonyl (C=O) groups is 4. The van der Waals surface area contributed by atoms with E-state index >= 15 is 0 Å². The van der Waals surface area contributed by atoms with E-state index in [4.69, 9.17) is 4.74 Å². The van der Waals surface area contributed by atoms with Gasteiger partial charge in [0.15, 0.2) is 0 Å². The summed E-state index contributed by atoms with van der Waals surface area (Å²) in [5.41, 5.74) is 4.94. The van der Waals surface area contributed by atoms with Gasteiger partial charge in [0.2, 0.25) is 11.8 Å². The van der Waals surface area contributed by atoms with Gasteiger partial charge in [-0.3, -0.25) is 39.3 Å². The van der Waals surface area contributed by atoms with Gasteiger partial charge >= 0.3 is 0 Å². The maximum Gasteiger partial charge on any atom is 0.266 e. The lowest BCUT2D eigenvalue weighted by Crippen LogP contribution is -2.54. The first kappa shape index (κ1) is 24.0. The molecule has 3 aromatic rings. The third kappa shape index (κ3) is 4.45. The van der Waals surface area contributed by atoms with E-state index in [9.17, 15) is 19.2 Å². The van der Waals surface area contributed by atoms with Gasteiger partial charge in [0, 0.05) is 44.4 Å². The summed E-state index contributed by atoms with van der Waals surface area (Å²) in [5, 5.41) is 2.21. The quantitative estimate of drug-likeness (QED) is 0.508. The lowest BCUT2D eigenvalue weighted by molar-refractivity contribution is -0.136. The first-order chi connectivity index (χ1) is 18.5. The Morgan fingerprint density at radius 1 is 0.921 bits per heavy atom. The summed E-state index contributed by atoms with van der Waals surface area (Å²) in [6.07, 6.45) is 2.98. The number of amides is 4. The number of rotatable bonds is 6. The highest BCUT2D eigenvalue weighted by molar-refractivity contribution is 6.24. The Balaban J connectivity index is 1.11. The van der Waals surface area contributed by atoms with Crippen LogP contribution in [0, 0.1) is 0 Å². The topological polar surface area (TPSA) is 109 Å². The zero-order valence-electron chi connectivity index (χ0n) is 20.7. The van der Waals surface area contributed by atoms with Crippen LogP contribution in [0.25, 0.3) is 0 Å². The second-order valence-corrected chi connectivity index (χ2v) is 9.80. The van der Waals surface area contributed by atoms with Crippen molar-refractivity contribution >= 4 is 23.6 Å². The molecule has 1 fully saturated rings. The molecule has 0 saturated carbocycles. The Morgan fingerprint density at radius 2 is 1.74 bits per heavy atom. The van der Waals surface area contributed by atoms with E-state index in [2.05, 4.69) is 33.4 Å². The molecule has 1 N–H and O–H groups in total. The van der Waals surface area contributed by atoms with Crippen molar-refractivity contribution in [2.24, 2.45) is 0 Å². The fourth-order valence-corrected chi connectivity index (χ4v) is 5.32. The first-order valence-corrected chi connectivity index (χ1v) is 12.7. The smallest absolute Gasteiger partial charge is 0.266 e. The molecule has 9 heteroatoms. The van der Waals surface area contributed by atoms with Gasteiger partial charge < -0.3 is 4.74 Å². The van der Waals surface area contributed by atoms with Gasteiger partial charge in [0.25, 0.3) is 11.8 Å². The van der Waals surface area contributed by atoms with Crippen molar-refractivity contribution in [2.75, 3.05) is 6.54 Å². The number of pyridine rings is 1. The molecule has 1 saturated heterocycles. The van der Waals surface area contributed by atoms with E-state index < -0.39 is 29.7 Å². The molecule has 4 heterocycles. The number of nitrogens with one attached hydrogen (secondary N) is 1. The molecule has 4 amide bonds. The van der Waals surface area contributed by atoms with Crippen LogP contribution in [0.5, 0.6) is 5.75 Å². The van der Waals surface area contributed by atoms with Gasteiger partial charge in [-0.25, -0.2) is 0 Å². The van der Waals surface area contributed by atoms with E-state index in [0.29, 0.717) is 5.75 Å². The maximum atomic E-state index is 13.2. The molecule has 1 unspecified atom stereocenters. The van der Waals surface area contributed by atoms with Gasteiger partial charge in [-0.2, -0.15) is 0 Å². The molecule has 3 aliphatic rings. The van der Waals surface area contributed by atoms with Crippen LogP contribution < -0.4 is 10.1 Å². The van der Waals surface area contributed by atoms with Crippen LogP contribution in [0.15, 0.2) is 60.8 Å². The number of hydrogen-bond donors (Lipinski definition) is 1. The minimum atomic E-state index is -1.01. The molecule has 2 aromatic carbocycles. The zero-order valence-corrected chi connectivity index (χ0v) is 20.7. The Kier molecular flexibility index (Phi) is 6.21. The average Bonchev–Trinajstić information content (AvgIpc) is 3.18. The number of carbonyl (C=O) groups excluding carboxylic acids is 4. The number of piperidine rings is 1. The average molecular weight is 511 g/mol. The molecular weight excluding hydrogens is 484 g/mol. The molecule has 0 radical (unpaired) electrons. The van der Waals surface area contributed by atoms with Crippen LogP contribution in [-0.2, 0) is 35.7 Å². The van der Waals surface area contributed by atoms with Crippen molar-refractivity contribution < 1.29 is 23.9 Å². The van der Waals surface area contributed by atoms with E-state index in [-0.39, 0.29) is 30.6 Å². The second-order valence-electron chi connectivity index (χ2n) is 9.80. The van der Waals surface area contributed by atoms with Crippen LogP contribution in [-0.4, -0.2) is 51.0 Å². The highest BCUT2D eigenvalue weighted by Gasteiger charge is 2.46. The lowest BCUT2D eigenvalue weighted by atomic mass is 10.0.